The van der Waals surface area contributed by atoms with Crippen LogP contribution < -0.4 is 0 Å². The molecule has 9 heteroatoms. The predicted molar refractivity (Wildman–Crippen MR) is 104 cm³/mol. The van der Waals surface area contributed by atoms with E-state index in [9.17, 15) is 20.2 Å². The largest absolute Gasteiger partial charge is 0.271 e. The number of hydrogen-bond acceptors (Lipinski definition) is 6. The number of nitrogens with zero attached hydrogens (tertiary/aromatic N) is 4. The second kappa shape index (κ2) is 8.12. The zero-order chi connectivity index (χ0) is 19.4. The first-order valence-electron chi connectivity index (χ1n) is 7.71. The molecule has 0 fully saturated rings. The van der Waals surface area contributed by atoms with Crippen LogP contribution in [0.4, 0.5) is 5.69 Å². The molecule has 3 rings (SSSR count). The third kappa shape index (κ3) is 4.39. The van der Waals surface area contributed by atoms with E-state index in [-0.39, 0.29) is 10.9 Å². The van der Waals surface area contributed by atoms with Gasteiger partial charge in [-0.05, 0) is 23.3 Å². The van der Waals surface area contributed by atoms with Crippen molar-refractivity contribution in [3.8, 4) is 6.07 Å². The highest BCUT2D eigenvalue weighted by atomic mass is 35.5. The number of thioether (sulfide) groups is 1. The molecule has 0 bridgehead atoms. The number of amidine groups is 1. The molecule has 1 aliphatic heterocycles. The highest BCUT2D eigenvalue weighted by molar-refractivity contribution is 8.13. The van der Waals surface area contributed by atoms with Gasteiger partial charge >= 0.3 is 0 Å². The van der Waals surface area contributed by atoms with Crippen LogP contribution in [-0.4, -0.2) is 21.7 Å². The van der Waals surface area contributed by atoms with E-state index in [1.54, 1.807) is 36.4 Å². The number of halogens is 1. The summed E-state index contributed by atoms with van der Waals surface area (Å²) in [5, 5.41) is 20.8. The van der Waals surface area contributed by atoms with Crippen molar-refractivity contribution in [1.82, 2.24) is 0 Å². The lowest BCUT2D eigenvalue weighted by Crippen LogP contribution is -2.27. The van der Waals surface area contributed by atoms with Crippen LogP contribution in [0.5, 0.6) is 0 Å². The molecular formula is C18H11ClN4O3S. The van der Waals surface area contributed by atoms with Crippen molar-refractivity contribution in [2.24, 2.45) is 15.9 Å². The van der Waals surface area contributed by atoms with Gasteiger partial charge in [0.15, 0.2) is 11.1 Å². The van der Waals surface area contributed by atoms with Crippen molar-refractivity contribution >= 4 is 45.8 Å². The van der Waals surface area contributed by atoms with Crippen LogP contribution in [0.1, 0.15) is 11.1 Å². The van der Waals surface area contributed by atoms with E-state index >= 15 is 0 Å². The first-order valence-corrected chi connectivity index (χ1v) is 9.07. The lowest BCUT2D eigenvalue weighted by Gasteiger charge is -2.15. The Bertz CT molecular complexity index is 995. The first kappa shape index (κ1) is 18.8. The predicted octanol–water partition coefficient (Wildman–Crippen LogP) is 4.01. The van der Waals surface area contributed by atoms with Gasteiger partial charge in [-0.1, -0.05) is 47.6 Å². The lowest BCUT2D eigenvalue weighted by atomic mass is 9.96. The van der Waals surface area contributed by atoms with Gasteiger partial charge in [-0.15, -0.1) is 0 Å². The van der Waals surface area contributed by atoms with Gasteiger partial charge in [-0.2, -0.15) is 10.3 Å². The molecule has 0 N–H and O–H groups in total. The van der Waals surface area contributed by atoms with Gasteiger partial charge in [0, 0.05) is 22.9 Å². The lowest BCUT2D eigenvalue weighted by molar-refractivity contribution is -0.384. The maximum Gasteiger partial charge on any atom is 0.271 e. The quantitative estimate of drug-likeness (QED) is 0.571. The van der Waals surface area contributed by atoms with E-state index in [4.69, 9.17) is 11.6 Å². The number of nitro groups is 1. The summed E-state index contributed by atoms with van der Waals surface area (Å²) in [5.41, 5.74) is 1.79. The van der Waals surface area contributed by atoms with Crippen LogP contribution in [0.25, 0.3) is 0 Å². The number of non-ortho nitro benzene ring substituents is 1. The molecule has 1 aliphatic rings. The van der Waals surface area contributed by atoms with Crippen molar-refractivity contribution in [3.63, 3.8) is 0 Å². The van der Waals surface area contributed by atoms with Crippen LogP contribution in [0, 0.1) is 27.4 Å². The third-order valence-corrected chi connectivity index (χ3v) is 4.90. The van der Waals surface area contributed by atoms with Crippen LogP contribution in [0.2, 0.25) is 5.02 Å². The number of carbonyl (C=O) groups is 1. The van der Waals surface area contributed by atoms with E-state index < -0.39 is 16.7 Å². The highest BCUT2D eigenvalue weighted by Crippen LogP contribution is 2.24. The molecule has 1 amide bonds. The minimum absolute atomic E-state index is 0.00819. The molecule has 1 unspecified atom stereocenters. The van der Waals surface area contributed by atoms with Crippen LogP contribution in [-0.2, 0) is 10.5 Å². The van der Waals surface area contributed by atoms with Gasteiger partial charge in [0.1, 0.15) is 0 Å². The van der Waals surface area contributed by atoms with E-state index in [1.165, 1.54) is 23.9 Å². The molecule has 134 valence electrons. The topological polar surface area (TPSA) is 109 Å². The molecule has 0 saturated heterocycles. The molecule has 0 aliphatic carbocycles. The fourth-order valence-electron chi connectivity index (χ4n) is 2.36. The second-order valence-electron chi connectivity index (χ2n) is 5.51. The third-order valence-electron chi connectivity index (χ3n) is 3.73. The van der Waals surface area contributed by atoms with Gasteiger partial charge in [0.05, 0.1) is 16.7 Å². The Morgan fingerprint density at radius 2 is 1.81 bits per heavy atom. The fourth-order valence-corrected chi connectivity index (χ4v) is 3.29. The molecule has 1 heterocycles. The summed E-state index contributed by atoms with van der Waals surface area (Å²) < 4.78 is 0. The van der Waals surface area contributed by atoms with Gasteiger partial charge in [0.2, 0.25) is 0 Å². The van der Waals surface area contributed by atoms with Crippen molar-refractivity contribution in [1.29, 1.82) is 5.26 Å². The summed E-state index contributed by atoms with van der Waals surface area (Å²) >= 11 is 7.10. The molecule has 2 aromatic rings. The SMILES string of the molecule is N#CC1C(=O)N=C(SCc2ccc([N+](=O)[O-])cc2)N=C1c1ccc(Cl)cc1. The monoisotopic (exact) mass is 398 g/mol. The Morgan fingerprint density at radius 3 is 2.41 bits per heavy atom. The zero-order valence-electron chi connectivity index (χ0n) is 13.7. The Balaban J connectivity index is 1.80. The van der Waals surface area contributed by atoms with Crippen molar-refractivity contribution in [2.75, 3.05) is 0 Å². The molecule has 2 aromatic carbocycles. The molecule has 0 radical (unpaired) electrons. The van der Waals surface area contributed by atoms with E-state index in [2.05, 4.69) is 9.98 Å². The molecule has 7 nitrogen and oxygen atoms in total. The highest BCUT2D eigenvalue weighted by Gasteiger charge is 2.30. The smallest absolute Gasteiger partial charge is 0.271 e. The van der Waals surface area contributed by atoms with E-state index in [0.717, 1.165) is 5.56 Å². The van der Waals surface area contributed by atoms with Gasteiger partial charge < -0.3 is 0 Å². The van der Waals surface area contributed by atoms with E-state index in [0.29, 0.717) is 22.1 Å². The Kier molecular flexibility index (Phi) is 5.64. The number of rotatable bonds is 4. The molecule has 27 heavy (non-hydrogen) atoms. The normalized spacial score (nSPS) is 16.3. The average molecular weight is 399 g/mol. The summed E-state index contributed by atoms with van der Waals surface area (Å²) in [6, 6.07) is 14.8. The average Bonchev–Trinajstić information content (AvgIpc) is 2.67. The first-order chi connectivity index (χ1) is 13.0. The maximum absolute atomic E-state index is 12.2. The number of benzene rings is 2. The van der Waals surface area contributed by atoms with Crippen LogP contribution >= 0.6 is 23.4 Å². The number of nitro benzene ring substituents is 1. The van der Waals surface area contributed by atoms with Crippen molar-refractivity contribution < 1.29 is 9.72 Å². The minimum Gasteiger partial charge on any atom is -0.271 e. The number of nitriles is 1. The molecule has 0 aromatic heterocycles. The summed E-state index contributed by atoms with van der Waals surface area (Å²) in [6.07, 6.45) is 0. The number of hydrogen-bond donors (Lipinski definition) is 0. The van der Waals surface area contributed by atoms with Gasteiger partial charge in [-0.25, -0.2) is 4.99 Å². The van der Waals surface area contributed by atoms with E-state index in [1.807, 2.05) is 6.07 Å². The summed E-state index contributed by atoms with van der Waals surface area (Å²) in [4.78, 5) is 30.7. The molecule has 0 saturated carbocycles. The number of amides is 1. The Morgan fingerprint density at radius 1 is 1.15 bits per heavy atom. The van der Waals surface area contributed by atoms with Crippen molar-refractivity contribution in [3.05, 3.63) is 74.8 Å². The zero-order valence-corrected chi connectivity index (χ0v) is 15.3. The molecular weight excluding hydrogens is 388 g/mol. The van der Waals surface area contributed by atoms with Crippen LogP contribution in [0.3, 0.4) is 0 Å². The molecule has 1 atom stereocenters. The molecule has 0 spiro atoms. The Labute approximate surface area is 163 Å². The minimum atomic E-state index is -1.06. The van der Waals surface area contributed by atoms with Gasteiger partial charge in [-0.3, -0.25) is 14.9 Å². The fraction of sp³-hybridized carbons (Fsp3) is 0.111. The Hall–Kier alpha value is -3.02. The summed E-state index contributed by atoms with van der Waals surface area (Å²) in [5.74, 6) is -1.20. The van der Waals surface area contributed by atoms with Crippen LogP contribution in [0.15, 0.2) is 58.5 Å². The van der Waals surface area contributed by atoms with Gasteiger partial charge in [0.25, 0.3) is 11.6 Å². The maximum atomic E-state index is 12.2. The number of carbonyl (C=O) groups excluding carboxylic acids is 1. The summed E-state index contributed by atoms with van der Waals surface area (Å²) in [7, 11) is 0. The second-order valence-corrected chi connectivity index (χ2v) is 6.89. The van der Waals surface area contributed by atoms with Crippen molar-refractivity contribution in [2.45, 2.75) is 5.75 Å². The summed E-state index contributed by atoms with van der Waals surface area (Å²) in [6.45, 7) is 0. The number of aliphatic imine (C=N–C) groups is 2. The standard InChI is InChI=1S/C18H11ClN4O3S/c19-13-5-3-12(4-6-13)16-15(9-20)17(24)22-18(21-16)27-10-11-1-7-14(8-2-11)23(25)26/h1-8,15H,10H2.